The van der Waals surface area contributed by atoms with Crippen molar-refractivity contribution in [1.82, 2.24) is 15.0 Å². The predicted octanol–water partition coefficient (Wildman–Crippen LogP) is 2.91. The third kappa shape index (κ3) is 2.12. The smallest absolute Gasteiger partial charge is 0.263 e. The van der Waals surface area contributed by atoms with E-state index in [1.165, 1.54) is 12.4 Å². The Morgan fingerprint density at radius 2 is 2.06 bits per heavy atom. The monoisotopic (exact) mass is 247 g/mol. The molecular weight excluding hydrogens is 241 g/mol. The molecule has 6 heteroatoms. The van der Waals surface area contributed by atoms with Crippen LogP contribution >= 0.6 is 11.8 Å². The molecule has 0 bridgehead atoms. The number of aromatic nitrogens is 3. The van der Waals surface area contributed by atoms with Crippen molar-refractivity contribution in [2.24, 2.45) is 0 Å². The third-order valence-corrected chi connectivity index (χ3v) is 2.86. The van der Waals surface area contributed by atoms with Crippen LogP contribution in [0.25, 0.3) is 11.1 Å². The summed E-state index contributed by atoms with van der Waals surface area (Å²) in [7, 11) is 0. The summed E-state index contributed by atoms with van der Waals surface area (Å²) in [4.78, 5) is 11.6. The first-order chi connectivity index (χ1) is 8.31. The van der Waals surface area contributed by atoms with Crippen LogP contribution in [0.15, 0.2) is 51.3 Å². The molecule has 0 unspecified atom stereocenters. The summed E-state index contributed by atoms with van der Waals surface area (Å²) in [5.74, 6) is -0.571. The standard InChI is InChI=1S/C11H6FN3OS/c12-9-5-10(14-6-13-9)17-11-15-7-3-1-2-4-8(7)16-11/h1-6H. The highest BCUT2D eigenvalue weighted by molar-refractivity contribution is 7.99. The molecule has 0 saturated heterocycles. The van der Waals surface area contributed by atoms with Gasteiger partial charge in [0.25, 0.3) is 5.22 Å². The highest BCUT2D eigenvalue weighted by atomic mass is 32.2. The SMILES string of the molecule is Fc1cc(Sc2nc3ccccc3o2)ncn1. The minimum Gasteiger partial charge on any atom is -0.431 e. The topological polar surface area (TPSA) is 51.8 Å². The zero-order chi connectivity index (χ0) is 11.7. The number of fused-ring (bicyclic) bond motifs is 1. The van der Waals surface area contributed by atoms with Crippen LogP contribution in [0.2, 0.25) is 0 Å². The summed E-state index contributed by atoms with van der Waals surface area (Å²) in [6.45, 7) is 0. The highest BCUT2D eigenvalue weighted by Gasteiger charge is 2.08. The van der Waals surface area contributed by atoms with E-state index in [2.05, 4.69) is 15.0 Å². The molecule has 0 aliphatic heterocycles. The average Bonchev–Trinajstić information content (AvgIpc) is 2.71. The second-order valence-corrected chi connectivity index (χ2v) is 4.20. The molecule has 2 heterocycles. The molecule has 0 aliphatic rings. The molecule has 4 nitrogen and oxygen atoms in total. The van der Waals surface area contributed by atoms with E-state index >= 15 is 0 Å². The summed E-state index contributed by atoms with van der Waals surface area (Å²) >= 11 is 1.16. The van der Waals surface area contributed by atoms with Gasteiger partial charge in [-0.05, 0) is 23.9 Å². The van der Waals surface area contributed by atoms with Crippen molar-refractivity contribution < 1.29 is 8.81 Å². The van der Waals surface area contributed by atoms with E-state index in [4.69, 9.17) is 4.42 Å². The van der Waals surface area contributed by atoms with Crippen LogP contribution < -0.4 is 0 Å². The van der Waals surface area contributed by atoms with E-state index in [-0.39, 0.29) is 0 Å². The fourth-order valence-electron chi connectivity index (χ4n) is 1.36. The molecule has 0 amide bonds. The minimum atomic E-state index is -0.571. The van der Waals surface area contributed by atoms with Gasteiger partial charge in [0.15, 0.2) is 5.58 Å². The van der Waals surface area contributed by atoms with Crippen molar-refractivity contribution in [3.05, 3.63) is 42.6 Å². The zero-order valence-corrected chi connectivity index (χ0v) is 9.32. The molecule has 3 aromatic rings. The van der Waals surface area contributed by atoms with Crippen molar-refractivity contribution in [2.45, 2.75) is 10.2 Å². The van der Waals surface area contributed by atoms with Gasteiger partial charge in [-0.25, -0.2) is 15.0 Å². The molecule has 0 atom stereocenters. The van der Waals surface area contributed by atoms with Gasteiger partial charge in [0.05, 0.1) is 0 Å². The van der Waals surface area contributed by atoms with Crippen molar-refractivity contribution >= 4 is 22.9 Å². The van der Waals surface area contributed by atoms with E-state index in [1.807, 2.05) is 24.3 Å². The number of para-hydroxylation sites is 2. The van der Waals surface area contributed by atoms with E-state index < -0.39 is 5.95 Å². The Labute approximate surface area is 99.9 Å². The first-order valence-corrected chi connectivity index (χ1v) is 5.64. The molecule has 1 aromatic carbocycles. The second kappa shape index (κ2) is 4.14. The highest BCUT2D eigenvalue weighted by Crippen LogP contribution is 2.28. The summed E-state index contributed by atoms with van der Waals surface area (Å²) < 4.78 is 18.3. The number of halogens is 1. The molecule has 0 spiro atoms. The van der Waals surface area contributed by atoms with Gasteiger partial charge in [-0.1, -0.05) is 12.1 Å². The lowest BCUT2D eigenvalue weighted by Gasteiger charge is -1.93. The molecule has 0 saturated carbocycles. The summed E-state index contributed by atoms with van der Waals surface area (Å²) in [6, 6.07) is 8.66. The van der Waals surface area contributed by atoms with Gasteiger partial charge < -0.3 is 4.42 Å². The molecule has 0 radical (unpaired) electrons. The summed E-state index contributed by atoms with van der Waals surface area (Å²) in [6.07, 6.45) is 1.17. The number of hydrogen-bond acceptors (Lipinski definition) is 5. The minimum absolute atomic E-state index is 0.435. The third-order valence-electron chi connectivity index (χ3n) is 2.07. The van der Waals surface area contributed by atoms with Gasteiger partial charge in [-0.3, -0.25) is 0 Å². The lowest BCUT2D eigenvalue weighted by molar-refractivity contribution is 0.489. The molecule has 84 valence electrons. The zero-order valence-electron chi connectivity index (χ0n) is 8.50. The Hall–Kier alpha value is -1.95. The normalized spacial score (nSPS) is 10.9. The Morgan fingerprint density at radius 1 is 1.18 bits per heavy atom. The Morgan fingerprint density at radius 3 is 2.88 bits per heavy atom. The van der Waals surface area contributed by atoms with Crippen molar-refractivity contribution in [3.63, 3.8) is 0 Å². The summed E-state index contributed by atoms with van der Waals surface area (Å²) in [5.41, 5.74) is 1.47. The molecule has 17 heavy (non-hydrogen) atoms. The average molecular weight is 247 g/mol. The molecule has 0 fully saturated rings. The Kier molecular flexibility index (Phi) is 2.49. The van der Waals surface area contributed by atoms with Gasteiger partial charge in [0, 0.05) is 6.07 Å². The number of benzene rings is 1. The molecule has 0 aliphatic carbocycles. The van der Waals surface area contributed by atoms with Crippen LogP contribution in [0.1, 0.15) is 0 Å². The fraction of sp³-hybridized carbons (Fsp3) is 0. The number of hydrogen-bond donors (Lipinski definition) is 0. The van der Waals surface area contributed by atoms with Crippen LogP contribution in [-0.4, -0.2) is 15.0 Å². The van der Waals surface area contributed by atoms with Crippen LogP contribution in [0.3, 0.4) is 0 Å². The van der Waals surface area contributed by atoms with E-state index in [0.29, 0.717) is 15.8 Å². The first-order valence-electron chi connectivity index (χ1n) is 4.82. The van der Waals surface area contributed by atoms with Gasteiger partial charge in [0.2, 0.25) is 5.95 Å². The molecule has 2 aromatic heterocycles. The molecule has 0 N–H and O–H groups in total. The van der Waals surface area contributed by atoms with E-state index in [9.17, 15) is 4.39 Å². The fourth-order valence-corrected chi connectivity index (χ4v) is 2.07. The lowest BCUT2D eigenvalue weighted by atomic mass is 10.3. The largest absolute Gasteiger partial charge is 0.431 e. The van der Waals surface area contributed by atoms with Crippen LogP contribution in [0.4, 0.5) is 4.39 Å². The van der Waals surface area contributed by atoms with Crippen LogP contribution in [0, 0.1) is 5.95 Å². The van der Waals surface area contributed by atoms with E-state index in [1.54, 1.807) is 0 Å². The van der Waals surface area contributed by atoms with Crippen molar-refractivity contribution in [2.75, 3.05) is 0 Å². The predicted molar refractivity (Wildman–Crippen MR) is 60.1 cm³/mol. The van der Waals surface area contributed by atoms with Crippen LogP contribution in [-0.2, 0) is 0 Å². The maximum Gasteiger partial charge on any atom is 0.263 e. The van der Waals surface area contributed by atoms with Crippen molar-refractivity contribution in [1.29, 1.82) is 0 Å². The Bertz CT molecular complexity index is 637. The van der Waals surface area contributed by atoms with Crippen LogP contribution in [0.5, 0.6) is 0 Å². The molecule has 3 rings (SSSR count). The van der Waals surface area contributed by atoms with Crippen molar-refractivity contribution in [3.8, 4) is 0 Å². The summed E-state index contributed by atoms with van der Waals surface area (Å²) in [5, 5.41) is 0.897. The lowest BCUT2D eigenvalue weighted by Crippen LogP contribution is -1.86. The molecular formula is C11H6FN3OS. The second-order valence-electron chi connectivity index (χ2n) is 3.23. The maximum atomic E-state index is 12.9. The van der Waals surface area contributed by atoms with Gasteiger partial charge in [-0.2, -0.15) is 4.39 Å². The Balaban J connectivity index is 1.94. The number of rotatable bonds is 2. The maximum absolute atomic E-state index is 12.9. The number of oxazole rings is 1. The quantitative estimate of drug-likeness (QED) is 0.652. The number of nitrogens with zero attached hydrogens (tertiary/aromatic N) is 3. The van der Waals surface area contributed by atoms with Gasteiger partial charge >= 0.3 is 0 Å². The first kappa shape index (κ1) is 10.2. The van der Waals surface area contributed by atoms with Gasteiger partial charge in [-0.15, -0.1) is 0 Å². The van der Waals surface area contributed by atoms with E-state index in [0.717, 1.165) is 17.3 Å². The van der Waals surface area contributed by atoms with Gasteiger partial charge in [0.1, 0.15) is 16.9 Å².